The van der Waals surface area contributed by atoms with E-state index in [1.54, 1.807) is 41.4 Å². The zero-order valence-corrected chi connectivity index (χ0v) is 31.8. The maximum atomic E-state index is 12.8. The Kier molecular flexibility index (Phi) is 11.6. The molecule has 18 nitrogen and oxygen atoms in total. The molecule has 298 valence electrons. The van der Waals surface area contributed by atoms with Crippen LogP contribution in [0, 0.1) is 0 Å². The van der Waals surface area contributed by atoms with Crippen LogP contribution in [0.3, 0.4) is 0 Å². The summed E-state index contributed by atoms with van der Waals surface area (Å²) in [6.45, 7) is 3.59. The molecule has 6 aromatic rings. The van der Waals surface area contributed by atoms with Gasteiger partial charge in [-0.3, -0.25) is 4.98 Å². The summed E-state index contributed by atoms with van der Waals surface area (Å²) in [7, 11) is 0. The van der Waals surface area contributed by atoms with Gasteiger partial charge in [0.05, 0.1) is 24.6 Å². The van der Waals surface area contributed by atoms with Crippen LogP contribution in [-0.4, -0.2) is 109 Å². The fraction of sp³-hybridized carbons (Fsp3) is 0.368. The first-order valence-electron chi connectivity index (χ1n) is 18.6. The second-order valence-electron chi connectivity index (χ2n) is 14.1. The number of tetrazole rings is 1. The summed E-state index contributed by atoms with van der Waals surface area (Å²) >= 11 is 0. The first-order valence-corrected chi connectivity index (χ1v) is 18.6. The maximum absolute atomic E-state index is 12.8. The average Bonchev–Trinajstić information content (AvgIpc) is 4.03. The Balaban J connectivity index is 0.00000496. The molecule has 8 rings (SSSR count). The highest BCUT2D eigenvalue weighted by Gasteiger charge is 2.45. The fourth-order valence-corrected chi connectivity index (χ4v) is 7.45. The number of amides is 2. The minimum absolute atomic E-state index is 0. The Bertz CT molecular complexity index is 2230. The number of nitrogens with one attached hydrogen (secondary N) is 3. The van der Waals surface area contributed by atoms with E-state index in [0.29, 0.717) is 74.2 Å². The zero-order chi connectivity index (χ0) is 38.8. The van der Waals surface area contributed by atoms with Gasteiger partial charge in [-0.15, -0.1) is 22.6 Å². The molecule has 2 fully saturated rings. The monoisotopic (exact) mass is 797 g/mol. The van der Waals surface area contributed by atoms with Gasteiger partial charge in [-0.1, -0.05) is 37.3 Å². The predicted octanol–water partition coefficient (Wildman–Crippen LogP) is 2.83. The number of aliphatic hydroxyl groups is 2. The van der Waals surface area contributed by atoms with Crippen molar-refractivity contribution in [2.75, 3.05) is 29.9 Å². The highest BCUT2D eigenvalue weighted by Crippen LogP contribution is 2.40. The zero-order valence-electron chi connectivity index (χ0n) is 31.0. The number of hydrogen-bond acceptors (Lipinski definition) is 14. The SMILES string of the molecule is CCc1nnn([C@H]2C[C@@H](n3cnc4c(NCC(c5ccc(O)cc5)c5ccc(O)cc5)nc(N5CCC(NC(=O)NCc6ccccn6)C5)nc43)[C@H](O)[C@@H]2O)n1.Cl. The Morgan fingerprint density at radius 3 is 2.32 bits per heavy atom. The lowest BCUT2D eigenvalue weighted by molar-refractivity contribution is 0.00473. The number of aryl methyl sites for hydroxylation is 1. The lowest BCUT2D eigenvalue weighted by atomic mass is 9.91. The second kappa shape index (κ2) is 16.9. The highest BCUT2D eigenvalue weighted by atomic mass is 35.5. The van der Waals surface area contributed by atoms with Crippen molar-refractivity contribution in [2.24, 2.45) is 0 Å². The quantitative estimate of drug-likeness (QED) is 0.0944. The molecule has 1 aliphatic heterocycles. The molecule has 57 heavy (non-hydrogen) atoms. The minimum Gasteiger partial charge on any atom is -0.508 e. The number of hydrogen-bond donors (Lipinski definition) is 7. The van der Waals surface area contributed by atoms with Crippen molar-refractivity contribution in [2.45, 2.75) is 69.0 Å². The lowest BCUT2D eigenvalue weighted by Gasteiger charge is -2.22. The van der Waals surface area contributed by atoms with Crippen LogP contribution in [0.4, 0.5) is 16.6 Å². The van der Waals surface area contributed by atoms with E-state index in [-0.39, 0.29) is 41.9 Å². The summed E-state index contributed by atoms with van der Waals surface area (Å²) in [6, 6.07) is 17.8. The number of phenolic OH excluding ortho intramolecular Hbond substituents is 2. The third-order valence-electron chi connectivity index (χ3n) is 10.5. The Hall–Kier alpha value is -6.11. The number of anilines is 2. The van der Waals surface area contributed by atoms with E-state index < -0.39 is 24.3 Å². The third-order valence-corrected chi connectivity index (χ3v) is 10.5. The molecule has 2 aliphatic rings. The molecular formula is C38H44ClN13O5. The molecule has 4 aromatic heterocycles. The first-order chi connectivity index (χ1) is 27.2. The molecule has 0 bridgehead atoms. The smallest absolute Gasteiger partial charge is 0.315 e. The largest absolute Gasteiger partial charge is 0.508 e. The van der Waals surface area contributed by atoms with Gasteiger partial charge in [0, 0.05) is 44.2 Å². The van der Waals surface area contributed by atoms with Gasteiger partial charge >= 0.3 is 6.03 Å². The third kappa shape index (κ3) is 8.37. The number of fused-ring (bicyclic) bond motifs is 1. The van der Waals surface area contributed by atoms with Crippen LogP contribution in [0.2, 0.25) is 0 Å². The van der Waals surface area contributed by atoms with Gasteiger partial charge in [0.2, 0.25) is 5.95 Å². The fourth-order valence-electron chi connectivity index (χ4n) is 7.45. The number of urea groups is 1. The minimum atomic E-state index is -1.18. The number of rotatable bonds is 12. The normalized spacial score (nSPS) is 20.5. The van der Waals surface area contributed by atoms with Crippen molar-refractivity contribution in [3.63, 3.8) is 0 Å². The van der Waals surface area contributed by atoms with E-state index in [2.05, 4.69) is 36.3 Å². The van der Waals surface area contributed by atoms with Crippen LogP contribution in [0.15, 0.2) is 79.3 Å². The molecule has 2 amide bonds. The molecule has 19 heteroatoms. The highest BCUT2D eigenvalue weighted by molar-refractivity contribution is 5.85. The van der Waals surface area contributed by atoms with E-state index in [1.165, 1.54) is 4.80 Å². The summed E-state index contributed by atoms with van der Waals surface area (Å²) in [6.07, 6.45) is 2.47. The van der Waals surface area contributed by atoms with E-state index in [0.717, 1.165) is 16.8 Å². The first kappa shape index (κ1) is 39.1. The van der Waals surface area contributed by atoms with Crippen molar-refractivity contribution >= 4 is 41.4 Å². The van der Waals surface area contributed by atoms with Gasteiger partial charge in [-0.2, -0.15) is 14.8 Å². The molecule has 0 radical (unpaired) electrons. The summed E-state index contributed by atoms with van der Waals surface area (Å²) in [5.74, 6) is 1.47. The summed E-state index contributed by atoms with van der Waals surface area (Å²) in [5, 5.41) is 64.6. The number of imidazole rings is 1. The molecule has 5 heterocycles. The van der Waals surface area contributed by atoms with Gasteiger partial charge in [0.1, 0.15) is 29.7 Å². The predicted molar refractivity (Wildman–Crippen MR) is 211 cm³/mol. The van der Waals surface area contributed by atoms with Crippen molar-refractivity contribution < 1.29 is 25.2 Å². The van der Waals surface area contributed by atoms with Crippen molar-refractivity contribution in [3.8, 4) is 11.5 Å². The number of pyridine rings is 1. The number of aliphatic hydroxyl groups excluding tert-OH is 2. The molecule has 1 saturated carbocycles. The van der Waals surface area contributed by atoms with Crippen molar-refractivity contribution in [1.29, 1.82) is 0 Å². The van der Waals surface area contributed by atoms with Gasteiger partial charge in [0.25, 0.3) is 0 Å². The van der Waals surface area contributed by atoms with Crippen LogP contribution in [0.5, 0.6) is 11.5 Å². The molecule has 0 spiro atoms. The van der Waals surface area contributed by atoms with Crippen molar-refractivity contribution in [3.05, 3.63) is 102 Å². The standard InChI is InChI=1S/C38H43N13O5.ClH/c1-2-31-46-48-51(47-31)30-17-29(33(54)34(30)55)50-21-42-32-35(40-19-28(22-6-10-26(52)11-7-22)23-8-12-27(53)13-9-23)44-37(45-36(32)50)49-16-14-25(20-49)43-38(56)41-18-24-5-3-4-15-39-24;/h3-13,15,21,25,28-30,33-34,52-55H,2,14,16-20H2,1H3,(H,40,44,45)(H2,41,43,56);1H/t25?,29-,30+,33+,34-;/m1./s1. The number of aromatic hydroxyl groups is 2. The van der Waals surface area contributed by atoms with Crippen LogP contribution in [-0.2, 0) is 13.0 Å². The molecule has 1 aliphatic carbocycles. The Morgan fingerprint density at radius 2 is 1.65 bits per heavy atom. The molecule has 1 saturated heterocycles. The van der Waals surface area contributed by atoms with Gasteiger partial charge in [-0.25, -0.2) is 9.78 Å². The van der Waals surface area contributed by atoms with Gasteiger partial charge in [-0.05, 0) is 65.6 Å². The topological polar surface area (TPSA) is 237 Å². The average molecular weight is 798 g/mol. The van der Waals surface area contributed by atoms with Crippen molar-refractivity contribution in [1.82, 2.24) is 55.3 Å². The Labute approximate surface area is 333 Å². The number of carbonyl (C=O) groups excluding carboxylic acids is 1. The number of aromatic nitrogens is 9. The van der Waals surface area contributed by atoms with Crippen LogP contribution in [0.1, 0.15) is 60.4 Å². The van der Waals surface area contributed by atoms with Crippen LogP contribution in [0.25, 0.3) is 11.2 Å². The number of halogens is 1. The molecule has 7 N–H and O–H groups in total. The maximum Gasteiger partial charge on any atom is 0.315 e. The lowest BCUT2D eigenvalue weighted by Crippen LogP contribution is -2.43. The summed E-state index contributed by atoms with van der Waals surface area (Å²) in [5.41, 5.74) is 3.51. The van der Waals surface area contributed by atoms with E-state index in [9.17, 15) is 25.2 Å². The van der Waals surface area contributed by atoms with Crippen LogP contribution >= 0.6 is 12.4 Å². The molecule has 2 aromatic carbocycles. The van der Waals surface area contributed by atoms with Crippen LogP contribution < -0.4 is 20.9 Å². The van der Waals surface area contributed by atoms with E-state index in [4.69, 9.17) is 15.0 Å². The number of phenols is 2. The number of benzene rings is 2. The van der Waals surface area contributed by atoms with E-state index >= 15 is 0 Å². The molecular weight excluding hydrogens is 754 g/mol. The summed E-state index contributed by atoms with van der Waals surface area (Å²) < 4.78 is 1.77. The van der Waals surface area contributed by atoms with Gasteiger partial charge in [0.15, 0.2) is 22.8 Å². The number of nitrogens with zero attached hydrogens (tertiary/aromatic N) is 10. The molecule has 1 unspecified atom stereocenters. The molecule has 5 atom stereocenters. The van der Waals surface area contributed by atoms with Gasteiger partial charge < -0.3 is 45.8 Å². The van der Waals surface area contributed by atoms with E-state index in [1.807, 2.05) is 54.3 Å². The second-order valence-corrected chi connectivity index (χ2v) is 14.1. The number of carbonyl (C=O) groups is 1. The Morgan fingerprint density at radius 1 is 0.930 bits per heavy atom. The summed E-state index contributed by atoms with van der Waals surface area (Å²) in [4.78, 5) is 35.1.